The van der Waals surface area contributed by atoms with E-state index in [-0.39, 0.29) is 12.4 Å². The van der Waals surface area contributed by atoms with Crippen LogP contribution in [0.25, 0.3) is 11.0 Å². The van der Waals surface area contributed by atoms with Crippen molar-refractivity contribution in [3.8, 4) is 0 Å². The van der Waals surface area contributed by atoms with Crippen LogP contribution in [0, 0.1) is 0 Å². The van der Waals surface area contributed by atoms with Gasteiger partial charge in [-0.1, -0.05) is 0 Å². The number of nitrogens with one attached hydrogen (secondary N) is 1. The maximum Gasteiger partial charge on any atom is 0.0882 e. The van der Waals surface area contributed by atoms with E-state index < -0.39 is 0 Å². The van der Waals surface area contributed by atoms with E-state index in [1.807, 2.05) is 18.2 Å². The predicted molar refractivity (Wildman–Crippen MR) is 52.9 cm³/mol. The number of nitrogens with zero attached hydrogens (tertiary/aromatic N) is 1. The van der Waals surface area contributed by atoms with E-state index in [0.717, 1.165) is 16.7 Å². The van der Waals surface area contributed by atoms with Crippen molar-refractivity contribution in [3.63, 3.8) is 0 Å². The van der Waals surface area contributed by atoms with E-state index in [9.17, 15) is 0 Å². The Morgan fingerprint density at radius 3 is 3.00 bits per heavy atom. The van der Waals surface area contributed by atoms with Gasteiger partial charge in [0, 0.05) is 11.9 Å². The van der Waals surface area contributed by atoms with E-state index >= 15 is 0 Å². The lowest BCUT2D eigenvalue weighted by atomic mass is 10.4. The van der Waals surface area contributed by atoms with Crippen LogP contribution in [-0.2, 0) is 5.88 Å². The molecule has 0 radical (unpaired) electrons. The van der Waals surface area contributed by atoms with Gasteiger partial charge in [0.1, 0.15) is 0 Å². The minimum absolute atomic E-state index is 0. The standard InChI is InChI=1S/C8H7ClN2.ClH/c9-5-6-4-8-7(11-6)2-1-3-10-8;/h1-4,11H,5H2;1H. The summed E-state index contributed by atoms with van der Waals surface area (Å²) in [4.78, 5) is 7.31. The van der Waals surface area contributed by atoms with Crippen LogP contribution in [0.4, 0.5) is 0 Å². The highest BCUT2D eigenvalue weighted by Gasteiger charge is 1.97. The summed E-state index contributed by atoms with van der Waals surface area (Å²) in [5.41, 5.74) is 3.03. The second kappa shape index (κ2) is 3.78. The molecular weight excluding hydrogens is 195 g/mol. The van der Waals surface area contributed by atoms with Gasteiger partial charge < -0.3 is 4.98 Å². The third-order valence-corrected chi connectivity index (χ3v) is 1.88. The van der Waals surface area contributed by atoms with E-state index in [1.165, 1.54) is 0 Å². The first kappa shape index (κ1) is 9.36. The number of alkyl halides is 1. The summed E-state index contributed by atoms with van der Waals surface area (Å²) in [7, 11) is 0. The molecule has 0 fully saturated rings. The zero-order valence-electron chi connectivity index (χ0n) is 6.25. The fourth-order valence-corrected chi connectivity index (χ4v) is 1.23. The molecule has 4 heteroatoms. The van der Waals surface area contributed by atoms with Crippen LogP contribution in [-0.4, -0.2) is 9.97 Å². The van der Waals surface area contributed by atoms with Crippen LogP contribution in [0.5, 0.6) is 0 Å². The molecule has 0 aliphatic carbocycles. The Labute approximate surface area is 81.4 Å². The van der Waals surface area contributed by atoms with Gasteiger partial charge in [0.15, 0.2) is 0 Å². The molecule has 0 amide bonds. The van der Waals surface area contributed by atoms with Gasteiger partial charge in [-0.2, -0.15) is 0 Å². The number of rotatable bonds is 1. The Morgan fingerprint density at radius 1 is 1.50 bits per heavy atom. The Balaban J connectivity index is 0.000000720. The molecule has 0 aliphatic heterocycles. The normalized spacial score (nSPS) is 9.75. The molecule has 0 bridgehead atoms. The van der Waals surface area contributed by atoms with Gasteiger partial charge in [-0.05, 0) is 18.2 Å². The lowest BCUT2D eigenvalue weighted by Gasteiger charge is -1.83. The average molecular weight is 203 g/mol. The van der Waals surface area contributed by atoms with Gasteiger partial charge in [0.2, 0.25) is 0 Å². The predicted octanol–water partition coefficient (Wildman–Crippen LogP) is 2.72. The minimum Gasteiger partial charge on any atom is -0.356 e. The van der Waals surface area contributed by atoms with Gasteiger partial charge in [0.25, 0.3) is 0 Å². The number of fused-ring (bicyclic) bond motifs is 1. The summed E-state index contributed by atoms with van der Waals surface area (Å²) < 4.78 is 0. The molecule has 0 saturated carbocycles. The van der Waals surface area contributed by atoms with E-state index in [0.29, 0.717) is 5.88 Å². The largest absolute Gasteiger partial charge is 0.356 e. The Morgan fingerprint density at radius 2 is 2.33 bits per heavy atom. The zero-order valence-corrected chi connectivity index (χ0v) is 7.82. The first-order chi connectivity index (χ1) is 5.40. The SMILES string of the molecule is Cl.ClCc1cc2ncccc2[nH]1. The molecule has 0 unspecified atom stereocenters. The fraction of sp³-hybridized carbons (Fsp3) is 0.125. The summed E-state index contributed by atoms with van der Waals surface area (Å²) in [5.74, 6) is 0.510. The number of H-pyrrole nitrogens is 1. The van der Waals surface area contributed by atoms with E-state index in [4.69, 9.17) is 11.6 Å². The molecule has 0 saturated heterocycles. The van der Waals surface area contributed by atoms with Crippen LogP contribution in [0.15, 0.2) is 24.4 Å². The molecule has 2 aromatic rings. The summed E-state index contributed by atoms with van der Waals surface area (Å²) in [6, 6.07) is 5.84. The molecule has 0 atom stereocenters. The molecular formula is C8H8Cl2N2. The van der Waals surface area contributed by atoms with Crippen molar-refractivity contribution in [1.82, 2.24) is 9.97 Å². The Kier molecular flexibility index (Phi) is 2.95. The third-order valence-electron chi connectivity index (χ3n) is 1.59. The maximum atomic E-state index is 5.64. The second-order valence-corrected chi connectivity index (χ2v) is 2.63. The summed E-state index contributed by atoms with van der Waals surface area (Å²) >= 11 is 5.64. The number of hydrogen-bond donors (Lipinski definition) is 1. The van der Waals surface area contributed by atoms with Crippen molar-refractivity contribution < 1.29 is 0 Å². The topological polar surface area (TPSA) is 28.7 Å². The minimum atomic E-state index is 0. The van der Waals surface area contributed by atoms with Gasteiger partial charge in [-0.15, -0.1) is 24.0 Å². The molecule has 12 heavy (non-hydrogen) atoms. The van der Waals surface area contributed by atoms with Crippen molar-refractivity contribution >= 4 is 35.0 Å². The first-order valence-electron chi connectivity index (χ1n) is 3.39. The fourth-order valence-electron chi connectivity index (χ4n) is 1.08. The summed E-state index contributed by atoms with van der Waals surface area (Å²) in [6.45, 7) is 0. The summed E-state index contributed by atoms with van der Waals surface area (Å²) in [5, 5.41) is 0. The van der Waals surface area contributed by atoms with E-state index in [1.54, 1.807) is 6.20 Å². The Bertz CT molecular complexity index is 337. The van der Waals surface area contributed by atoms with Crippen LogP contribution in [0.3, 0.4) is 0 Å². The van der Waals surface area contributed by atoms with Gasteiger partial charge in [-0.25, -0.2) is 0 Å². The number of pyridine rings is 1. The molecule has 0 aromatic carbocycles. The van der Waals surface area contributed by atoms with Crippen molar-refractivity contribution in [2.24, 2.45) is 0 Å². The number of aromatic nitrogens is 2. The smallest absolute Gasteiger partial charge is 0.0882 e. The number of halogens is 2. The molecule has 0 aliphatic rings. The highest BCUT2D eigenvalue weighted by atomic mass is 35.5. The van der Waals surface area contributed by atoms with Crippen molar-refractivity contribution in [1.29, 1.82) is 0 Å². The zero-order chi connectivity index (χ0) is 7.68. The lowest BCUT2D eigenvalue weighted by molar-refractivity contribution is 1.26. The number of aromatic amines is 1. The maximum absolute atomic E-state index is 5.64. The van der Waals surface area contributed by atoms with Gasteiger partial charge in [-0.3, -0.25) is 4.98 Å². The highest BCUT2D eigenvalue weighted by molar-refractivity contribution is 6.17. The molecule has 2 heterocycles. The second-order valence-electron chi connectivity index (χ2n) is 2.36. The van der Waals surface area contributed by atoms with Crippen molar-refractivity contribution in [2.45, 2.75) is 5.88 Å². The lowest BCUT2D eigenvalue weighted by Crippen LogP contribution is -1.72. The van der Waals surface area contributed by atoms with Gasteiger partial charge in [0.05, 0.1) is 16.9 Å². The molecule has 0 spiro atoms. The summed E-state index contributed by atoms with van der Waals surface area (Å²) in [6.07, 6.45) is 1.77. The van der Waals surface area contributed by atoms with Crippen LogP contribution >= 0.6 is 24.0 Å². The van der Waals surface area contributed by atoms with Crippen LogP contribution in [0.1, 0.15) is 5.69 Å². The van der Waals surface area contributed by atoms with Gasteiger partial charge >= 0.3 is 0 Å². The Hall–Kier alpha value is -0.730. The first-order valence-corrected chi connectivity index (χ1v) is 3.92. The van der Waals surface area contributed by atoms with Crippen LogP contribution in [0.2, 0.25) is 0 Å². The molecule has 2 rings (SSSR count). The third kappa shape index (κ3) is 1.54. The molecule has 64 valence electrons. The van der Waals surface area contributed by atoms with Crippen LogP contribution < -0.4 is 0 Å². The number of hydrogen-bond acceptors (Lipinski definition) is 1. The van der Waals surface area contributed by atoms with E-state index in [2.05, 4.69) is 9.97 Å². The average Bonchev–Trinajstić information content (AvgIpc) is 2.46. The monoisotopic (exact) mass is 202 g/mol. The quantitative estimate of drug-likeness (QED) is 0.709. The molecule has 2 nitrogen and oxygen atoms in total. The molecule has 1 N–H and O–H groups in total. The molecule has 2 aromatic heterocycles. The van der Waals surface area contributed by atoms with Crippen molar-refractivity contribution in [3.05, 3.63) is 30.1 Å². The van der Waals surface area contributed by atoms with Crippen molar-refractivity contribution in [2.75, 3.05) is 0 Å². The highest BCUT2D eigenvalue weighted by Crippen LogP contribution is 2.12.